The molecule has 1 amide bonds. The van der Waals surface area contributed by atoms with Crippen molar-refractivity contribution in [3.05, 3.63) is 30.3 Å². The zero-order valence-corrected chi connectivity index (χ0v) is 16.0. The SMILES string of the molecule is C[C@@H](C(=O)NCCSC(C)(C)C)N(c1ccccc1)S(C)(=O)=O. The molecule has 130 valence electrons. The summed E-state index contributed by atoms with van der Waals surface area (Å²) < 4.78 is 25.5. The average Bonchev–Trinajstić information content (AvgIpc) is 2.42. The van der Waals surface area contributed by atoms with E-state index in [0.29, 0.717) is 12.2 Å². The minimum absolute atomic E-state index is 0.138. The maximum absolute atomic E-state index is 12.3. The zero-order valence-electron chi connectivity index (χ0n) is 14.4. The highest BCUT2D eigenvalue weighted by Crippen LogP contribution is 2.22. The van der Waals surface area contributed by atoms with Crippen LogP contribution in [0, 0.1) is 0 Å². The van der Waals surface area contributed by atoms with Crippen LogP contribution >= 0.6 is 11.8 Å². The van der Waals surface area contributed by atoms with Crippen LogP contribution in [0.25, 0.3) is 0 Å². The lowest BCUT2D eigenvalue weighted by Crippen LogP contribution is -2.48. The van der Waals surface area contributed by atoms with Crippen LogP contribution in [0.15, 0.2) is 30.3 Å². The van der Waals surface area contributed by atoms with Gasteiger partial charge in [0, 0.05) is 17.0 Å². The van der Waals surface area contributed by atoms with E-state index in [1.807, 2.05) is 0 Å². The van der Waals surface area contributed by atoms with Crippen LogP contribution in [-0.4, -0.2) is 43.7 Å². The molecule has 0 saturated heterocycles. The number of para-hydroxylation sites is 1. The van der Waals surface area contributed by atoms with Crippen LogP contribution in [0.4, 0.5) is 5.69 Å². The first-order valence-corrected chi connectivity index (χ1v) is 10.3. The third-order valence-corrected chi connectivity index (χ3v) is 5.55. The van der Waals surface area contributed by atoms with E-state index in [1.165, 1.54) is 0 Å². The Morgan fingerprint density at radius 2 is 1.83 bits per heavy atom. The Balaban J connectivity index is 2.74. The van der Waals surface area contributed by atoms with Crippen LogP contribution in [-0.2, 0) is 14.8 Å². The lowest BCUT2D eigenvalue weighted by molar-refractivity contribution is -0.121. The van der Waals surface area contributed by atoms with Crippen molar-refractivity contribution < 1.29 is 13.2 Å². The molecule has 0 aromatic heterocycles. The maximum Gasteiger partial charge on any atom is 0.243 e. The summed E-state index contributed by atoms with van der Waals surface area (Å²) in [5, 5.41) is 2.81. The molecule has 0 radical (unpaired) electrons. The maximum atomic E-state index is 12.3. The highest BCUT2D eigenvalue weighted by atomic mass is 32.2. The fraction of sp³-hybridized carbons (Fsp3) is 0.562. The molecular weight excluding hydrogens is 332 g/mol. The van der Waals surface area contributed by atoms with Crippen LogP contribution in [0.3, 0.4) is 0 Å². The molecule has 7 heteroatoms. The highest BCUT2D eigenvalue weighted by Gasteiger charge is 2.28. The lowest BCUT2D eigenvalue weighted by atomic mass is 10.2. The van der Waals surface area contributed by atoms with Crippen molar-refractivity contribution in [3.8, 4) is 0 Å². The van der Waals surface area contributed by atoms with Gasteiger partial charge in [0.1, 0.15) is 6.04 Å². The van der Waals surface area contributed by atoms with Gasteiger partial charge in [-0.1, -0.05) is 39.0 Å². The Hall–Kier alpha value is -1.21. The first-order valence-electron chi connectivity index (χ1n) is 7.48. The number of nitrogens with zero attached hydrogens (tertiary/aromatic N) is 1. The van der Waals surface area contributed by atoms with Gasteiger partial charge in [0.25, 0.3) is 0 Å². The van der Waals surface area contributed by atoms with Crippen LogP contribution < -0.4 is 9.62 Å². The Labute approximate surface area is 143 Å². The monoisotopic (exact) mass is 358 g/mol. The summed E-state index contributed by atoms with van der Waals surface area (Å²) >= 11 is 1.75. The van der Waals surface area contributed by atoms with Crippen molar-refractivity contribution >= 4 is 33.4 Å². The summed E-state index contributed by atoms with van der Waals surface area (Å²) in [7, 11) is -3.55. The molecule has 1 aromatic rings. The summed E-state index contributed by atoms with van der Waals surface area (Å²) in [6.45, 7) is 8.45. The molecule has 1 N–H and O–H groups in total. The number of sulfonamides is 1. The van der Waals surface area contributed by atoms with Gasteiger partial charge < -0.3 is 5.32 Å². The molecule has 0 heterocycles. The van der Waals surface area contributed by atoms with E-state index in [1.54, 1.807) is 49.0 Å². The summed E-state index contributed by atoms with van der Waals surface area (Å²) in [5.74, 6) is 0.486. The molecule has 1 aromatic carbocycles. The molecule has 5 nitrogen and oxygen atoms in total. The second kappa shape index (κ2) is 8.06. The average molecular weight is 359 g/mol. The van der Waals surface area contributed by atoms with Crippen LogP contribution in [0.5, 0.6) is 0 Å². The standard InChI is InChI=1S/C16H26N2O3S2/c1-13(15(19)17-11-12-22-16(2,3)4)18(23(5,20)21)14-9-7-6-8-10-14/h6-10,13H,11-12H2,1-5H3,(H,17,19)/t13-/m0/s1. The Kier molecular flexibility index (Phi) is 6.95. The predicted octanol–water partition coefficient (Wildman–Crippen LogP) is 2.49. The molecule has 0 aliphatic heterocycles. The van der Waals surface area contributed by atoms with Crippen molar-refractivity contribution in [1.82, 2.24) is 5.32 Å². The number of benzene rings is 1. The summed E-state index contributed by atoms with van der Waals surface area (Å²) in [5.41, 5.74) is 0.488. The fourth-order valence-corrected chi connectivity index (χ4v) is 4.05. The number of rotatable bonds is 7. The Bertz CT molecular complexity index is 610. The number of carbonyl (C=O) groups is 1. The number of carbonyl (C=O) groups excluding carboxylic acids is 1. The second-order valence-electron chi connectivity index (χ2n) is 6.32. The van der Waals surface area contributed by atoms with E-state index < -0.39 is 16.1 Å². The third kappa shape index (κ3) is 6.83. The minimum Gasteiger partial charge on any atom is -0.353 e. The molecule has 0 spiro atoms. The molecule has 0 saturated carbocycles. The normalized spacial score (nSPS) is 13.4. The van der Waals surface area contributed by atoms with Gasteiger partial charge in [-0.2, -0.15) is 11.8 Å². The molecule has 0 unspecified atom stereocenters. The van der Waals surface area contributed by atoms with E-state index in [2.05, 4.69) is 26.1 Å². The lowest BCUT2D eigenvalue weighted by Gasteiger charge is -2.28. The van der Waals surface area contributed by atoms with Crippen LogP contribution in [0.2, 0.25) is 0 Å². The Morgan fingerprint density at radius 1 is 1.26 bits per heavy atom. The topological polar surface area (TPSA) is 66.5 Å². The molecule has 23 heavy (non-hydrogen) atoms. The quantitative estimate of drug-likeness (QED) is 0.761. The van der Waals surface area contributed by atoms with Crippen molar-refractivity contribution in [3.63, 3.8) is 0 Å². The second-order valence-corrected chi connectivity index (χ2v) is 10.1. The van der Waals surface area contributed by atoms with Gasteiger partial charge in [0.15, 0.2) is 0 Å². The predicted molar refractivity (Wildman–Crippen MR) is 98.4 cm³/mol. The van der Waals surface area contributed by atoms with Gasteiger partial charge in [-0.25, -0.2) is 8.42 Å². The summed E-state index contributed by atoms with van der Waals surface area (Å²) in [6.07, 6.45) is 1.11. The van der Waals surface area contributed by atoms with Crippen molar-refractivity contribution in [1.29, 1.82) is 0 Å². The minimum atomic E-state index is -3.55. The number of anilines is 1. The number of nitrogens with one attached hydrogen (secondary N) is 1. The fourth-order valence-electron chi connectivity index (χ4n) is 2.06. The largest absolute Gasteiger partial charge is 0.353 e. The molecule has 1 atom stereocenters. The molecular formula is C16H26N2O3S2. The van der Waals surface area contributed by atoms with Crippen LogP contribution in [0.1, 0.15) is 27.7 Å². The molecule has 1 rings (SSSR count). The number of amides is 1. The van der Waals surface area contributed by atoms with Gasteiger partial charge in [-0.05, 0) is 19.1 Å². The van der Waals surface area contributed by atoms with Crippen molar-refractivity contribution in [2.45, 2.75) is 38.5 Å². The summed E-state index contributed by atoms with van der Waals surface area (Å²) in [6, 6.07) is 7.86. The van der Waals surface area contributed by atoms with E-state index >= 15 is 0 Å². The van der Waals surface area contributed by atoms with E-state index in [0.717, 1.165) is 16.3 Å². The highest BCUT2D eigenvalue weighted by molar-refractivity contribution is 8.00. The zero-order chi connectivity index (χ0) is 17.7. The van der Waals surface area contributed by atoms with Gasteiger partial charge in [-0.15, -0.1) is 0 Å². The third-order valence-electron chi connectivity index (χ3n) is 3.04. The first-order chi connectivity index (χ1) is 10.5. The van der Waals surface area contributed by atoms with Crippen molar-refractivity contribution in [2.75, 3.05) is 22.9 Å². The molecule has 0 bridgehead atoms. The van der Waals surface area contributed by atoms with Crippen molar-refractivity contribution in [2.24, 2.45) is 0 Å². The van der Waals surface area contributed by atoms with E-state index in [4.69, 9.17) is 0 Å². The molecule has 0 aliphatic carbocycles. The molecule has 0 fully saturated rings. The van der Waals surface area contributed by atoms with E-state index in [9.17, 15) is 13.2 Å². The van der Waals surface area contributed by atoms with E-state index in [-0.39, 0.29) is 10.7 Å². The number of hydrogen-bond acceptors (Lipinski definition) is 4. The van der Waals surface area contributed by atoms with Gasteiger partial charge in [0.05, 0.1) is 11.9 Å². The van der Waals surface area contributed by atoms with Gasteiger partial charge in [-0.3, -0.25) is 9.10 Å². The van der Waals surface area contributed by atoms with Gasteiger partial charge in [0.2, 0.25) is 15.9 Å². The summed E-state index contributed by atoms with van der Waals surface area (Å²) in [4.78, 5) is 12.3. The smallest absolute Gasteiger partial charge is 0.243 e. The number of hydrogen-bond donors (Lipinski definition) is 1. The Morgan fingerprint density at radius 3 is 2.30 bits per heavy atom. The number of thioether (sulfide) groups is 1. The van der Waals surface area contributed by atoms with Gasteiger partial charge >= 0.3 is 0 Å². The molecule has 0 aliphatic rings. The first kappa shape index (κ1) is 19.8.